The molecule has 2 amide bonds. The molecule has 0 bridgehead atoms. The molecule has 0 aliphatic heterocycles. The standard InChI is InChI=1S/C15H20N2O4/c1-10-6-7-13(18)12(9-10)17-15(21)16-8-4-3-5-11(2)14(19)20/h6-7,9,18H,2-5,8H2,1H3,(H,19,20)(H2,16,17,21)/p-1. The summed E-state index contributed by atoms with van der Waals surface area (Å²) in [5.74, 6) is -1.24. The number of carboxylic acid groups (broad SMARTS) is 1. The van der Waals surface area contributed by atoms with Gasteiger partial charge in [0.2, 0.25) is 0 Å². The van der Waals surface area contributed by atoms with Crippen LogP contribution in [0.2, 0.25) is 0 Å². The van der Waals surface area contributed by atoms with Crippen molar-refractivity contribution >= 4 is 17.7 Å². The number of phenolic OH excluding ortho intramolecular Hbond substituents is 1. The van der Waals surface area contributed by atoms with Crippen LogP contribution in [0.15, 0.2) is 30.4 Å². The summed E-state index contributed by atoms with van der Waals surface area (Å²) in [6.45, 7) is 5.63. The Morgan fingerprint density at radius 3 is 2.71 bits per heavy atom. The quantitative estimate of drug-likeness (QED) is 0.400. The van der Waals surface area contributed by atoms with E-state index in [4.69, 9.17) is 0 Å². The SMILES string of the molecule is C=C(CCCCNC(=O)Nc1cc(C)ccc1O)C(=O)[O-]. The van der Waals surface area contributed by atoms with Gasteiger partial charge in [-0.05, 0) is 49.5 Å². The molecular weight excluding hydrogens is 272 g/mol. The molecule has 0 fully saturated rings. The number of hydrogen-bond donors (Lipinski definition) is 3. The van der Waals surface area contributed by atoms with Gasteiger partial charge in [-0.1, -0.05) is 12.6 Å². The number of amides is 2. The zero-order valence-electron chi connectivity index (χ0n) is 11.9. The molecule has 0 atom stereocenters. The van der Waals surface area contributed by atoms with Gasteiger partial charge in [0.05, 0.1) is 11.7 Å². The third-order valence-electron chi connectivity index (χ3n) is 2.88. The molecule has 0 saturated heterocycles. The summed E-state index contributed by atoms with van der Waals surface area (Å²) in [4.78, 5) is 22.0. The predicted octanol–water partition coefficient (Wildman–Crippen LogP) is 1.30. The van der Waals surface area contributed by atoms with Crippen molar-refractivity contribution in [3.8, 4) is 5.75 Å². The molecule has 0 radical (unpaired) electrons. The molecule has 0 aliphatic carbocycles. The molecule has 0 aliphatic rings. The summed E-state index contributed by atoms with van der Waals surface area (Å²) in [5, 5.41) is 25.2. The number of hydrogen-bond acceptors (Lipinski definition) is 4. The number of benzene rings is 1. The van der Waals surface area contributed by atoms with E-state index in [1.807, 2.05) is 6.92 Å². The fraction of sp³-hybridized carbons (Fsp3) is 0.333. The zero-order chi connectivity index (χ0) is 15.8. The maximum absolute atomic E-state index is 11.6. The molecular formula is C15H19N2O4-. The summed E-state index contributed by atoms with van der Waals surface area (Å²) in [6, 6.07) is 4.49. The van der Waals surface area contributed by atoms with Crippen LogP contribution in [0.5, 0.6) is 5.75 Å². The van der Waals surface area contributed by atoms with Crippen molar-refractivity contribution in [3.05, 3.63) is 35.9 Å². The van der Waals surface area contributed by atoms with Gasteiger partial charge in [0.25, 0.3) is 0 Å². The fourth-order valence-electron chi connectivity index (χ4n) is 1.68. The molecule has 1 aromatic rings. The minimum absolute atomic E-state index is 0.000933. The van der Waals surface area contributed by atoms with Crippen LogP contribution in [-0.4, -0.2) is 23.7 Å². The molecule has 3 N–H and O–H groups in total. The van der Waals surface area contributed by atoms with Crippen LogP contribution in [0.3, 0.4) is 0 Å². The number of aromatic hydroxyl groups is 1. The second kappa shape index (κ2) is 7.94. The first kappa shape index (κ1) is 16.6. The van der Waals surface area contributed by atoms with Crippen molar-refractivity contribution in [2.75, 3.05) is 11.9 Å². The lowest BCUT2D eigenvalue weighted by Gasteiger charge is -2.10. The second-order valence-electron chi connectivity index (χ2n) is 4.75. The van der Waals surface area contributed by atoms with Gasteiger partial charge in [-0.15, -0.1) is 0 Å². The lowest BCUT2D eigenvalue weighted by molar-refractivity contribution is -0.299. The first-order valence-corrected chi connectivity index (χ1v) is 6.63. The number of urea groups is 1. The Hall–Kier alpha value is -2.50. The highest BCUT2D eigenvalue weighted by Crippen LogP contribution is 2.23. The number of anilines is 1. The van der Waals surface area contributed by atoms with Gasteiger partial charge in [0, 0.05) is 6.54 Å². The number of phenols is 1. The van der Waals surface area contributed by atoms with Crippen LogP contribution in [0, 0.1) is 6.92 Å². The van der Waals surface area contributed by atoms with E-state index in [1.54, 1.807) is 12.1 Å². The van der Waals surface area contributed by atoms with E-state index in [-0.39, 0.29) is 11.3 Å². The van der Waals surface area contributed by atoms with Gasteiger partial charge < -0.3 is 25.6 Å². The summed E-state index contributed by atoms with van der Waals surface area (Å²) in [6.07, 6.45) is 1.56. The number of aliphatic carboxylic acids is 1. The van der Waals surface area contributed by atoms with Crippen LogP contribution < -0.4 is 15.7 Å². The third-order valence-corrected chi connectivity index (χ3v) is 2.88. The van der Waals surface area contributed by atoms with Crippen molar-refractivity contribution in [1.82, 2.24) is 5.32 Å². The first-order valence-electron chi connectivity index (χ1n) is 6.63. The molecule has 0 unspecified atom stereocenters. The van der Waals surface area contributed by atoms with E-state index in [1.165, 1.54) is 6.07 Å². The average Bonchev–Trinajstić information content (AvgIpc) is 2.42. The number of carbonyl (C=O) groups is 2. The van der Waals surface area contributed by atoms with Crippen molar-refractivity contribution in [2.24, 2.45) is 0 Å². The minimum Gasteiger partial charge on any atom is -0.545 e. The van der Waals surface area contributed by atoms with Gasteiger partial charge in [0.1, 0.15) is 5.75 Å². The smallest absolute Gasteiger partial charge is 0.319 e. The number of carbonyl (C=O) groups excluding carboxylic acids is 2. The van der Waals surface area contributed by atoms with E-state index >= 15 is 0 Å². The molecule has 21 heavy (non-hydrogen) atoms. The number of unbranched alkanes of at least 4 members (excludes halogenated alkanes) is 1. The molecule has 1 rings (SSSR count). The van der Waals surface area contributed by atoms with E-state index in [9.17, 15) is 19.8 Å². The Balaban J connectivity index is 2.27. The lowest BCUT2D eigenvalue weighted by Crippen LogP contribution is -2.29. The van der Waals surface area contributed by atoms with Crippen molar-refractivity contribution in [3.63, 3.8) is 0 Å². The Morgan fingerprint density at radius 2 is 2.05 bits per heavy atom. The Labute approximate surface area is 123 Å². The molecule has 0 spiro atoms. The van der Waals surface area contributed by atoms with E-state index in [0.717, 1.165) is 5.56 Å². The average molecular weight is 291 g/mol. The molecule has 0 heterocycles. The van der Waals surface area contributed by atoms with Gasteiger partial charge in [0.15, 0.2) is 0 Å². The van der Waals surface area contributed by atoms with E-state index in [2.05, 4.69) is 17.2 Å². The number of rotatable bonds is 7. The molecule has 0 saturated carbocycles. The Bertz CT molecular complexity index is 540. The molecule has 1 aromatic carbocycles. The van der Waals surface area contributed by atoms with E-state index in [0.29, 0.717) is 31.5 Å². The Morgan fingerprint density at radius 1 is 1.33 bits per heavy atom. The summed E-state index contributed by atoms with van der Waals surface area (Å²) < 4.78 is 0. The maximum atomic E-state index is 11.6. The first-order chi connectivity index (χ1) is 9.90. The Kier molecular flexibility index (Phi) is 6.26. The van der Waals surface area contributed by atoms with Crippen LogP contribution in [0.4, 0.5) is 10.5 Å². The van der Waals surface area contributed by atoms with Crippen LogP contribution >= 0.6 is 0 Å². The van der Waals surface area contributed by atoms with Crippen LogP contribution in [0.25, 0.3) is 0 Å². The predicted molar refractivity (Wildman–Crippen MR) is 77.9 cm³/mol. The molecule has 6 nitrogen and oxygen atoms in total. The van der Waals surface area contributed by atoms with Gasteiger partial charge >= 0.3 is 6.03 Å². The summed E-state index contributed by atoms with van der Waals surface area (Å²) >= 11 is 0. The van der Waals surface area contributed by atoms with Crippen LogP contribution in [0.1, 0.15) is 24.8 Å². The topological polar surface area (TPSA) is 101 Å². The second-order valence-corrected chi connectivity index (χ2v) is 4.75. The molecule has 6 heteroatoms. The normalized spacial score (nSPS) is 9.95. The highest BCUT2D eigenvalue weighted by molar-refractivity contribution is 5.90. The van der Waals surface area contributed by atoms with E-state index < -0.39 is 12.0 Å². The fourth-order valence-corrected chi connectivity index (χ4v) is 1.68. The largest absolute Gasteiger partial charge is 0.545 e. The highest BCUT2D eigenvalue weighted by atomic mass is 16.4. The number of nitrogens with one attached hydrogen (secondary N) is 2. The number of carboxylic acids is 1. The van der Waals surface area contributed by atoms with Crippen molar-refractivity contribution in [1.29, 1.82) is 0 Å². The maximum Gasteiger partial charge on any atom is 0.319 e. The van der Waals surface area contributed by atoms with Gasteiger partial charge in [-0.3, -0.25) is 0 Å². The zero-order valence-corrected chi connectivity index (χ0v) is 11.9. The van der Waals surface area contributed by atoms with Crippen molar-refractivity contribution < 1.29 is 19.8 Å². The van der Waals surface area contributed by atoms with Crippen LogP contribution in [-0.2, 0) is 4.79 Å². The van der Waals surface area contributed by atoms with Gasteiger partial charge in [-0.25, -0.2) is 4.79 Å². The van der Waals surface area contributed by atoms with Gasteiger partial charge in [-0.2, -0.15) is 0 Å². The summed E-state index contributed by atoms with van der Waals surface area (Å²) in [7, 11) is 0. The van der Waals surface area contributed by atoms with Crippen molar-refractivity contribution in [2.45, 2.75) is 26.2 Å². The molecule has 114 valence electrons. The number of aryl methyl sites for hydroxylation is 1. The summed E-state index contributed by atoms with van der Waals surface area (Å²) in [5.41, 5.74) is 1.32. The third kappa shape index (κ3) is 5.99. The molecule has 0 aromatic heterocycles. The highest BCUT2D eigenvalue weighted by Gasteiger charge is 2.05. The monoisotopic (exact) mass is 291 g/mol. The minimum atomic E-state index is -1.24. The lowest BCUT2D eigenvalue weighted by atomic mass is 10.1.